The van der Waals surface area contributed by atoms with E-state index < -0.39 is 5.97 Å². The lowest BCUT2D eigenvalue weighted by Gasteiger charge is -2.22. The Balaban J connectivity index is 2.03. The molecule has 1 heterocycles. The summed E-state index contributed by atoms with van der Waals surface area (Å²) in [6, 6.07) is 4.76. The van der Waals surface area contributed by atoms with Crippen LogP contribution in [0.2, 0.25) is 0 Å². The van der Waals surface area contributed by atoms with Crippen LogP contribution >= 0.6 is 0 Å². The van der Waals surface area contributed by atoms with E-state index in [0.29, 0.717) is 23.5 Å². The maximum atomic E-state index is 11.8. The van der Waals surface area contributed by atoms with E-state index in [2.05, 4.69) is 0 Å². The number of nitrogen functional groups attached to an aromatic ring is 2. The van der Waals surface area contributed by atoms with E-state index in [-0.39, 0.29) is 6.10 Å². The zero-order valence-electron chi connectivity index (χ0n) is 9.52. The van der Waals surface area contributed by atoms with E-state index in [0.717, 1.165) is 19.4 Å². The van der Waals surface area contributed by atoms with Crippen molar-refractivity contribution in [1.82, 2.24) is 0 Å². The summed E-state index contributed by atoms with van der Waals surface area (Å²) >= 11 is 0. The molecule has 0 saturated carbocycles. The number of carbonyl (C=O) groups is 1. The molecule has 5 heteroatoms. The van der Waals surface area contributed by atoms with Gasteiger partial charge in [0.2, 0.25) is 0 Å². The van der Waals surface area contributed by atoms with Gasteiger partial charge >= 0.3 is 5.97 Å². The Hall–Kier alpha value is -1.75. The fourth-order valence-corrected chi connectivity index (χ4v) is 1.79. The first-order valence-corrected chi connectivity index (χ1v) is 5.60. The molecule has 1 fully saturated rings. The fraction of sp³-hybridized carbons (Fsp3) is 0.417. The molecule has 1 aromatic rings. The average molecular weight is 236 g/mol. The van der Waals surface area contributed by atoms with Gasteiger partial charge in [-0.05, 0) is 31.0 Å². The molecule has 17 heavy (non-hydrogen) atoms. The van der Waals surface area contributed by atoms with Crippen LogP contribution in [0.5, 0.6) is 0 Å². The van der Waals surface area contributed by atoms with Gasteiger partial charge in [0.15, 0.2) is 0 Å². The third-order valence-corrected chi connectivity index (χ3v) is 2.69. The van der Waals surface area contributed by atoms with Gasteiger partial charge in [-0.1, -0.05) is 0 Å². The average Bonchev–Trinajstić information content (AvgIpc) is 2.30. The highest BCUT2D eigenvalue weighted by molar-refractivity contribution is 5.95. The van der Waals surface area contributed by atoms with E-state index >= 15 is 0 Å². The van der Waals surface area contributed by atoms with Gasteiger partial charge in [0.1, 0.15) is 6.10 Å². The summed E-state index contributed by atoms with van der Waals surface area (Å²) in [6.45, 7) is 1.19. The summed E-state index contributed by atoms with van der Waals surface area (Å²) in [5.74, 6) is -0.419. The highest BCUT2D eigenvalue weighted by atomic mass is 16.6. The molecule has 5 nitrogen and oxygen atoms in total. The minimum Gasteiger partial charge on any atom is -0.456 e. The minimum atomic E-state index is -0.419. The SMILES string of the molecule is Nc1ccc(C(=O)OC2CCCOC2)c(N)c1. The second-order valence-corrected chi connectivity index (χ2v) is 4.09. The Kier molecular flexibility index (Phi) is 3.49. The van der Waals surface area contributed by atoms with Crippen LogP contribution in [0.4, 0.5) is 11.4 Å². The zero-order chi connectivity index (χ0) is 12.3. The van der Waals surface area contributed by atoms with E-state index in [1.807, 2.05) is 0 Å². The van der Waals surface area contributed by atoms with Gasteiger partial charge in [0, 0.05) is 18.0 Å². The van der Waals surface area contributed by atoms with E-state index in [1.165, 1.54) is 0 Å². The highest BCUT2D eigenvalue weighted by Crippen LogP contribution is 2.19. The predicted molar refractivity (Wildman–Crippen MR) is 64.5 cm³/mol. The minimum absolute atomic E-state index is 0.173. The molecule has 92 valence electrons. The van der Waals surface area contributed by atoms with Crippen molar-refractivity contribution in [1.29, 1.82) is 0 Å². The molecule has 0 aromatic heterocycles. The molecule has 0 aliphatic carbocycles. The molecule has 1 saturated heterocycles. The number of hydrogen-bond acceptors (Lipinski definition) is 5. The van der Waals surface area contributed by atoms with Crippen LogP contribution < -0.4 is 11.5 Å². The molecule has 0 amide bonds. The Morgan fingerprint density at radius 3 is 2.88 bits per heavy atom. The number of benzene rings is 1. The second-order valence-electron chi connectivity index (χ2n) is 4.09. The van der Waals surface area contributed by atoms with Gasteiger partial charge in [-0.25, -0.2) is 4.79 Å². The Morgan fingerprint density at radius 2 is 2.24 bits per heavy atom. The third kappa shape index (κ3) is 2.88. The maximum absolute atomic E-state index is 11.8. The molecule has 4 N–H and O–H groups in total. The first-order valence-electron chi connectivity index (χ1n) is 5.60. The number of rotatable bonds is 2. The second kappa shape index (κ2) is 5.05. The molecule has 0 bridgehead atoms. The van der Waals surface area contributed by atoms with Crippen LogP contribution in [0.1, 0.15) is 23.2 Å². The summed E-state index contributed by atoms with van der Waals surface area (Å²) in [7, 11) is 0. The highest BCUT2D eigenvalue weighted by Gasteiger charge is 2.20. The lowest BCUT2D eigenvalue weighted by Crippen LogP contribution is -2.28. The van der Waals surface area contributed by atoms with Gasteiger partial charge in [0.05, 0.1) is 12.2 Å². The lowest BCUT2D eigenvalue weighted by atomic mass is 10.1. The molecule has 2 rings (SSSR count). The number of hydrogen-bond donors (Lipinski definition) is 2. The van der Waals surface area contributed by atoms with E-state index in [9.17, 15) is 4.79 Å². The van der Waals surface area contributed by atoms with Crippen molar-refractivity contribution >= 4 is 17.3 Å². The number of ether oxygens (including phenoxy) is 2. The van der Waals surface area contributed by atoms with Gasteiger partial charge < -0.3 is 20.9 Å². The molecule has 1 aliphatic rings. The van der Waals surface area contributed by atoms with Crippen molar-refractivity contribution in [2.45, 2.75) is 18.9 Å². The van der Waals surface area contributed by atoms with Crippen molar-refractivity contribution in [3.63, 3.8) is 0 Å². The van der Waals surface area contributed by atoms with E-state index in [1.54, 1.807) is 18.2 Å². The van der Waals surface area contributed by atoms with Crippen LogP contribution in [0.3, 0.4) is 0 Å². The van der Waals surface area contributed by atoms with Gasteiger partial charge in [0.25, 0.3) is 0 Å². The van der Waals surface area contributed by atoms with Gasteiger partial charge in [-0.2, -0.15) is 0 Å². The fourth-order valence-electron chi connectivity index (χ4n) is 1.79. The number of carbonyl (C=O) groups excluding carboxylic acids is 1. The van der Waals surface area contributed by atoms with Crippen LogP contribution in [-0.2, 0) is 9.47 Å². The van der Waals surface area contributed by atoms with Crippen molar-refractivity contribution in [2.75, 3.05) is 24.7 Å². The summed E-state index contributed by atoms with van der Waals surface area (Å²) < 4.78 is 10.6. The molecule has 1 aromatic carbocycles. The molecular formula is C12H16N2O3. The largest absolute Gasteiger partial charge is 0.456 e. The van der Waals surface area contributed by atoms with Crippen molar-refractivity contribution in [3.05, 3.63) is 23.8 Å². The predicted octanol–water partition coefficient (Wildman–Crippen LogP) is 1.19. The third-order valence-electron chi connectivity index (χ3n) is 2.69. The molecule has 1 aliphatic heterocycles. The first-order chi connectivity index (χ1) is 8.16. The molecular weight excluding hydrogens is 220 g/mol. The monoisotopic (exact) mass is 236 g/mol. The van der Waals surface area contributed by atoms with Crippen LogP contribution in [-0.4, -0.2) is 25.3 Å². The topological polar surface area (TPSA) is 87.6 Å². The summed E-state index contributed by atoms with van der Waals surface area (Å²) in [5.41, 5.74) is 12.5. The Labute approximate surface area is 99.7 Å². The lowest BCUT2D eigenvalue weighted by molar-refractivity contribution is -0.0305. The van der Waals surface area contributed by atoms with Crippen LogP contribution in [0, 0.1) is 0 Å². The van der Waals surface area contributed by atoms with Crippen LogP contribution in [0.15, 0.2) is 18.2 Å². The zero-order valence-corrected chi connectivity index (χ0v) is 9.52. The molecule has 0 radical (unpaired) electrons. The molecule has 1 unspecified atom stereocenters. The smallest absolute Gasteiger partial charge is 0.340 e. The quantitative estimate of drug-likeness (QED) is 0.594. The van der Waals surface area contributed by atoms with Gasteiger partial charge in [-0.3, -0.25) is 0 Å². The van der Waals surface area contributed by atoms with E-state index in [4.69, 9.17) is 20.9 Å². The first kappa shape index (κ1) is 11.7. The maximum Gasteiger partial charge on any atom is 0.340 e. The van der Waals surface area contributed by atoms with Crippen molar-refractivity contribution in [3.8, 4) is 0 Å². The summed E-state index contributed by atoms with van der Waals surface area (Å²) in [5, 5.41) is 0. The summed E-state index contributed by atoms with van der Waals surface area (Å²) in [6.07, 6.45) is 1.57. The number of esters is 1. The normalized spacial score (nSPS) is 19.9. The molecule has 1 atom stereocenters. The van der Waals surface area contributed by atoms with Gasteiger partial charge in [-0.15, -0.1) is 0 Å². The van der Waals surface area contributed by atoms with Crippen molar-refractivity contribution in [2.24, 2.45) is 0 Å². The number of anilines is 2. The Morgan fingerprint density at radius 1 is 1.41 bits per heavy atom. The molecule has 0 spiro atoms. The van der Waals surface area contributed by atoms with Crippen LogP contribution in [0.25, 0.3) is 0 Å². The van der Waals surface area contributed by atoms with Crippen molar-refractivity contribution < 1.29 is 14.3 Å². The number of nitrogens with two attached hydrogens (primary N) is 2. The Bertz CT molecular complexity index is 414. The summed E-state index contributed by atoms with van der Waals surface area (Å²) in [4.78, 5) is 11.8. The standard InChI is InChI=1S/C12H16N2O3/c13-8-3-4-10(11(14)6-8)12(15)17-9-2-1-5-16-7-9/h3-4,6,9H,1-2,5,7,13-14H2.